The smallest absolute Gasteiger partial charge is 0.416 e. The normalized spacial score (nSPS) is 28.1. The van der Waals surface area contributed by atoms with Gasteiger partial charge in [-0.2, -0.15) is 26.3 Å². The van der Waals surface area contributed by atoms with Gasteiger partial charge >= 0.3 is 12.4 Å². The molecule has 3 fully saturated rings. The Labute approximate surface area is 314 Å². The number of imide groups is 2. The van der Waals surface area contributed by atoms with Gasteiger partial charge in [0.1, 0.15) is 11.4 Å². The highest BCUT2D eigenvalue weighted by Crippen LogP contribution is 2.67. The van der Waals surface area contributed by atoms with E-state index in [9.17, 15) is 63.8 Å². The molecule has 4 amide bonds. The van der Waals surface area contributed by atoms with Gasteiger partial charge in [-0.25, -0.2) is 31.8 Å². The number of halogens is 14. The number of benzene rings is 3. The molecule has 3 aromatic carbocycles. The molecule has 1 saturated carbocycles. The molecule has 0 bridgehead atoms. The summed E-state index contributed by atoms with van der Waals surface area (Å²) in [6, 6.07) is 3.17. The van der Waals surface area contributed by atoms with Crippen molar-refractivity contribution in [2.75, 3.05) is 9.80 Å². The number of nitrogens with zero attached hydrogens (tertiary/aromatic N) is 2. The van der Waals surface area contributed by atoms with Gasteiger partial charge in [0.15, 0.2) is 33.0 Å². The molecule has 0 spiro atoms. The molecular weight excluding hydrogens is 832 g/mol. The summed E-state index contributed by atoms with van der Waals surface area (Å²) in [6.45, 7) is 0. The van der Waals surface area contributed by atoms with Gasteiger partial charge in [-0.15, -0.1) is 23.2 Å². The standard InChI is InChI=1S/C34H16Cl3F11N2O5/c35-12-1-4-18(51)16(8-12)20-14-2-3-15-19(28(53)49(27(15)52)13-6-10(33(43,44)45)5-11(7-13)34(46,47)48)17(14)9-31(36)29(54)50(30(55)32(20,31)37)26-24(41)22(39)21(38)23(40)25(26)42/h1-2,4-8,15,17,19-20,51H,3,9H2/t15-,17+,19-,20+,31+,32-/m0/s1. The van der Waals surface area contributed by atoms with Gasteiger partial charge in [-0.05, 0) is 55.2 Å². The fraction of sp³-hybridized carbons (Fsp3) is 0.294. The number of alkyl halides is 8. The van der Waals surface area contributed by atoms with E-state index in [1.165, 1.54) is 6.08 Å². The number of amides is 4. The fourth-order valence-corrected chi connectivity index (χ4v) is 9.10. The Morgan fingerprint density at radius 2 is 1.25 bits per heavy atom. The summed E-state index contributed by atoms with van der Waals surface area (Å²) in [6.07, 6.45) is -11.1. The Bertz CT molecular complexity index is 2260. The minimum Gasteiger partial charge on any atom is -0.508 e. The van der Waals surface area contributed by atoms with Crippen molar-refractivity contribution in [1.82, 2.24) is 0 Å². The molecule has 2 saturated heterocycles. The van der Waals surface area contributed by atoms with Crippen molar-refractivity contribution in [3.63, 3.8) is 0 Å². The highest BCUT2D eigenvalue weighted by molar-refractivity contribution is 6.58. The molecular formula is C34H16Cl3F11N2O5. The fourth-order valence-electron chi connectivity index (χ4n) is 7.99. The molecule has 21 heteroatoms. The van der Waals surface area contributed by atoms with E-state index in [-0.39, 0.29) is 33.7 Å². The van der Waals surface area contributed by atoms with E-state index in [0.717, 1.165) is 18.2 Å². The number of aromatic hydroxyl groups is 1. The number of carbonyl (C=O) groups excluding carboxylic acids is 4. The molecule has 2 aliphatic carbocycles. The van der Waals surface area contributed by atoms with Crippen molar-refractivity contribution >= 4 is 69.8 Å². The lowest BCUT2D eigenvalue weighted by atomic mass is 9.56. The number of carbonyl (C=O) groups is 4. The maximum Gasteiger partial charge on any atom is 0.416 e. The first-order valence-electron chi connectivity index (χ1n) is 15.5. The molecule has 7 nitrogen and oxygen atoms in total. The molecule has 0 radical (unpaired) electrons. The number of fused-ring (bicyclic) bond motifs is 4. The highest BCUT2D eigenvalue weighted by Gasteiger charge is 2.77. The Kier molecular flexibility index (Phi) is 8.68. The highest BCUT2D eigenvalue weighted by atomic mass is 35.5. The average molecular weight is 848 g/mol. The first-order chi connectivity index (χ1) is 25.4. The predicted molar refractivity (Wildman–Crippen MR) is 168 cm³/mol. The summed E-state index contributed by atoms with van der Waals surface area (Å²) in [5.41, 5.74) is -7.53. The molecule has 2 heterocycles. The van der Waals surface area contributed by atoms with Crippen molar-refractivity contribution in [2.24, 2.45) is 17.8 Å². The molecule has 55 heavy (non-hydrogen) atoms. The molecule has 0 aromatic heterocycles. The van der Waals surface area contributed by atoms with Gasteiger partial charge in [0, 0.05) is 16.5 Å². The van der Waals surface area contributed by atoms with Crippen LogP contribution >= 0.6 is 34.8 Å². The van der Waals surface area contributed by atoms with Crippen molar-refractivity contribution in [3.05, 3.63) is 98.8 Å². The molecule has 2 aliphatic heterocycles. The van der Waals surface area contributed by atoms with Crippen LogP contribution in [0.3, 0.4) is 0 Å². The van der Waals surface area contributed by atoms with Crippen molar-refractivity contribution in [2.45, 2.75) is 40.9 Å². The monoisotopic (exact) mass is 846 g/mol. The van der Waals surface area contributed by atoms with E-state index in [2.05, 4.69) is 0 Å². The maximum absolute atomic E-state index is 15.2. The summed E-state index contributed by atoms with van der Waals surface area (Å²) < 4.78 is 156. The summed E-state index contributed by atoms with van der Waals surface area (Å²) in [7, 11) is 0. The van der Waals surface area contributed by atoms with Gasteiger partial charge in [0.2, 0.25) is 17.6 Å². The third-order valence-corrected chi connectivity index (χ3v) is 12.0. The number of rotatable bonds is 3. The zero-order valence-electron chi connectivity index (χ0n) is 26.5. The Balaban J connectivity index is 1.42. The minimum atomic E-state index is -5.38. The second-order valence-corrected chi connectivity index (χ2v) is 14.8. The number of anilines is 2. The van der Waals surface area contributed by atoms with Crippen molar-refractivity contribution in [1.29, 1.82) is 0 Å². The van der Waals surface area contributed by atoms with Gasteiger partial charge in [-0.1, -0.05) is 23.3 Å². The van der Waals surface area contributed by atoms with Crippen LogP contribution in [-0.2, 0) is 31.5 Å². The number of hydrogen-bond donors (Lipinski definition) is 1. The topological polar surface area (TPSA) is 95.0 Å². The van der Waals surface area contributed by atoms with Crippen LogP contribution in [0.15, 0.2) is 48.0 Å². The number of allylic oxidation sites excluding steroid dienone is 2. The SMILES string of the molecule is O=C1[C@H]2[C@H](CC=C3[C@H]2C[C@@]2(Cl)C(=O)N(c4c(F)c(F)c(F)c(F)c4F)C(=O)[C@@]2(Cl)[C@H]3c2cc(Cl)ccc2O)C(=O)N1c1cc(C(F)(F)F)cc(C(F)(F)F)c1. The Morgan fingerprint density at radius 3 is 1.80 bits per heavy atom. The van der Waals surface area contributed by atoms with Crippen LogP contribution in [0, 0.1) is 46.8 Å². The lowest BCUT2D eigenvalue weighted by molar-refractivity contribution is -0.143. The van der Waals surface area contributed by atoms with Crippen molar-refractivity contribution in [3.8, 4) is 5.75 Å². The Morgan fingerprint density at radius 1 is 0.709 bits per heavy atom. The zero-order chi connectivity index (χ0) is 40.6. The third-order valence-electron chi connectivity index (χ3n) is 10.4. The second-order valence-electron chi connectivity index (χ2n) is 13.2. The average Bonchev–Trinajstić information content (AvgIpc) is 3.44. The summed E-state index contributed by atoms with van der Waals surface area (Å²) in [5.74, 6) is -27.1. The van der Waals surface area contributed by atoms with E-state index < -0.39 is 150 Å². The maximum atomic E-state index is 15.2. The molecule has 3 aromatic rings. The zero-order valence-corrected chi connectivity index (χ0v) is 28.8. The van der Waals surface area contributed by atoms with Crippen LogP contribution in [-0.4, -0.2) is 38.5 Å². The first-order valence-corrected chi connectivity index (χ1v) is 16.6. The van der Waals surface area contributed by atoms with E-state index in [0.29, 0.717) is 0 Å². The quantitative estimate of drug-likeness (QED) is 0.0713. The van der Waals surface area contributed by atoms with E-state index in [1.807, 2.05) is 0 Å². The predicted octanol–water partition coefficient (Wildman–Crippen LogP) is 8.55. The van der Waals surface area contributed by atoms with Crippen LogP contribution in [0.2, 0.25) is 5.02 Å². The first kappa shape index (κ1) is 38.8. The van der Waals surface area contributed by atoms with E-state index in [1.54, 1.807) is 0 Å². The van der Waals surface area contributed by atoms with Gasteiger partial charge in [0.05, 0.1) is 28.7 Å². The molecule has 4 aliphatic rings. The van der Waals surface area contributed by atoms with Gasteiger partial charge < -0.3 is 5.11 Å². The van der Waals surface area contributed by atoms with Crippen LogP contribution < -0.4 is 9.80 Å². The van der Waals surface area contributed by atoms with Crippen LogP contribution in [0.1, 0.15) is 35.4 Å². The van der Waals surface area contributed by atoms with Crippen molar-refractivity contribution < 1.29 is 72.6 Å². The number of phenolic OH excluding ortho intramolecular Hbond substituents is 1. The molecule has 7 rings (SSSR count). The largest absolute Gasteiger partial charge is 0.508 e. The summed E-state index contributed by atoms with van der Waals surface area (Å²) in [5, 5.41) is 10.8. The lowest BCUT2D eigenvalue weighted by Gasteiger charge is -2.50. The number of hydrogen-bond acceptors (Lipinski definition) is 5. The van der Waals surface area contributed by atoms with Crippen LogP contribution in [0.5, 0.6) is 5.75 Å². The third kappa shape index (κ3) is 5.30. The molecule has 0 unspecified atom stereocenters. The van der Waals surface area contributed by atoms with Gasteiger partial charge in [0.25, 0.3) is 11.8 Å². The van der Waals surface area contributed by atoms with Gasteiger partial charge in [-0.3, -0.25) is 19.2 Å². The second kappa shape index (κ2) is 12.3. The molecule has 290 valence electrons. The van der Waals surface area contributed by atoms with Crippen LogP contribution in [0.25, 0.3) is 0 Å². The minimum absolute atomic E-state index is 0.0919. The molecule has 6 atom stereocenters. The van der Waals surface area contributed by atoms with E-state index >= 15 is 8.78 Å². The Hall–Kier alpha value is -4.42. The van der Waals surface area contributed by atoms with Crippen LogP contribution in [0.4, 0.5) is 59.7 Å². The lowest BCUT2D eigenvalue weighted by Crippen LogP contribution is -2.60. The molecule has 1 N–H and O–H groups in total. The number of phenols is 1. The summed E-state index contributed by atoms with van der Waals surface area (Å²) >= 11 is 20.1. The van der Waals surface area contributed by atoms with E-state index in [4.69, 9.17) is 34.8 Å². The summed E-state index contributed by atoms with van der Waals surface area (Å²) in [4.78, 5) is 50.0.